The lowest BCUT2D eigenvalue weighted by atomic mass is 9.98. The molecule has 5 nitrogen and oxygen atoms in total. The predicted octanol–water partition coefficient (Wildman–Crippen LogP) is 0.312. The Balaban J connectivity index is 3.25. The zero-order chi connectivity index (χ0) is 14.1. The second-order valence-electron chi connectivity index (χ2n) is 4.43. The molecule has 1 amide bonds. The Labute approximate surface area is 104 Å². The molecule has 0 saturated carbocycles. The minimum absolute atomic E-state index is 0.0273. The number of benzene rings is 1. The maximum Gasteiger partial charge on any atom is 0.233 e. The normalized spacial score (nSPS) is 12.4. The van der Waals surface area contributed by atoms with Crippen molar-refractivity contribution in [1.29, 1.82) is 0 Å². The number of nitrogens with two attached hydrogens (primary N) is 1. The highest BCUT2D eigenvalue weighted by Gasteiger charge is 2.24. The molecule has 0 atom stereocenters. The quantitative estimate of drug-likeness (QED) is 0.826. The molecule has 1 rings (SSSR count). The van der Waals surface area contributed by atoms with Crippen LogP contribution in [0.25, 0.3) is 0 Å². The summed E-state index contributed by atoms with van der Waals surface area (Å²) in [5.41, 5.74) is 3.35. The van der Waals surface area contributed by atoms with E-state index in [0.717, 1.165) is 12.1 Å². The van der Waals surface area contributed by atoms with Gasteiger partial charge >= 0.3 is 0 Å². The van der Waals surface area contributed by atoms with Crippen LogP contribution in [0.2, 0.25) is 0 Å². The molecule has 1 aromatic carbocycles. The minimum atomic E-state index is -3.94. The summed E-state index contributed by atoms with van der Waals surface area (Å²) >= 11 is 0. The number of carbonyl (C=O) groups excluding carboxylic acids is 1. The first-order valence-electron chi connectivity index (χ1n) is 5.07. The molecular weight excluding hydrogens is 261 g/mol. The number of amides is 1. The van der Waals surface area contributed by atoms with Gasteiger partial charge in [0.2, 0.25) is 5.91 Å². The third-order valence-corrected chi connectivity index (χ3v) is 3.93. The van der Waals surface area contributed by atoms with Crippen LogP contribution in [0, 0.1) is 5.82 Å². The first-order valence-corrected chi connectivity index (χ1v) is 6.73. The first kappa shape index (κ1) is 14.6. The fourth-order valence-electron chi connectivity index (χ4n) is 1.46. The number of primary amides is 1. The highest BCUT2D eigenvalue weighted by molar-refractivity contribution is 7.92. The Hall–Kier alpha value is -1.47. The van der Waals surface area contributed by atoms with E-state index in [1.54, 1.807) is 0 Å². The Morgan fingerprint density at radius 1 is 1.44 bits per heavy atom. The summed E-state index contributed by atoms with van der Waals surface area (Å²) in [5, 5.41) is 9.65. The number of halogens is 1. The summed E-state index contributed by atoms with van der Waals surface area (Å²) in [4.78, 5) is 10.3. The van der Waals surface area contributed by atoms with Crippen LogP contribution < -0.4 is 5.73 Å². The van der Waals surface area contributed by atoms with E-state index < -0.39 is 32.9 Å². The molecule has 0 aliphatic carbocycles. The molecular formula is C11H14FNO4S. The molecule has 0 unspecified atom stereocenters. The molecule has 18 heavy (non-hydrogen) atoms. The first-order chi connectivity index (χ1) is 8.04. The van der Waals surface area contributed by atoms with Gasteiger partial charge in [0.1, 0.15) is 11.6 Å². The highest BCUT2D eigenvalue weighted by atomic mass is 32.2. The van der Waals surface area contributed by atoms with Crippen LogP contribution >= 0.6 is 0 Å². The summed E-state index contributed by atoms with van der Waals surface area (Å²) in [6.07, 6.45) is 0. The lowest BCUT2D eigenvalue weighted by Crippen LogP contribution is -2.24. The van der Waals surface area contributed by atoms with Gasteiger partial charge in [-0.05, 0) is 26.0 Å². The van der Waals surface area contributed by atoms with Gasteiger partial charge < -0.3 is 10.8 Å². The van der Waals surface area contributed by atoms with E-state index in [1.807, 2.05) is 0 Å². The van der Waals surface area contributed by atoms with Gasteiger partial charge in [-0.2, -0.15) is 0 Å². The van der Waals surface area contributed by atoms with Gasteiger partial charge in [-0.15, -0.1) is 0 Å². The molecule has 100 valence electrons. The van der Waals surface area contributed by atoms with E-state index in [4.69, 9.17) is 5.73 Å². The molecule has 7 heteroatoms. The van der Waals surface area contributed by atoms with Crippen molar-refractivity contribution in [2.24, 2.45) is 5.73 Å². The van der Waals surface area contributed by atoms with Crippen molar-refractivity contribution in [2.75, 3.05) is 5.75 Å². The molecule has 0 aliphatic rings. The van der Waals surface area contributed by atoms with Crippen molar-refractivity contribution in [3.8, 4) is 0 Å². The van der Waals surface area contributed by atoms with Crippen LogP contribution in [-0.4, -0.2) is 25.2 Å². The summed E-state index contributed by atoms with van der Waals surface area (Å²) in [6.45, 7) is 2.76. The van der Waals surface area contributed by atoms with Gasteiger partial charge in [0.25, 0.3) is 0 Å². The van der Waals surface area contributed by atoms with Crippen LogP contribution in [0.1, 0.15) is 19.4 Å². The largest absolute Gasteiger partial charge is 0.386 e. The third-order valence-electron chi connectivity index (χ3n) is 2.29. The molecule has 0 radical (unpaired) electrons. The fraction of sp³-hybridized carbons (Fsp3) is 0.364. The van der Waals surface area contributed by atoms with Crippen LogP contribution in [0.5, 0.6) is 0 Å². The lowest BCUT2D eigenvalue weighted by molar-refractivity contribution is -0.115. The van der Waals surface area contributed by atoms with Crippen molar-refractivity contribution < 1.29 is 22.7 Å². The highest BCUT2D eigenvalue weighted by Crippen LogP contribution is 2.25. The molecule has 3 N–H and O–H groups in total. The maximum atomic E-state index is 13.7. The fourth-order valence-corrected chi connectivity index (χ4v) is 2.56. The van der Waals surface area contributed by atoms with Crippen LogP contribution in [-0.2, 0) is 20.2 Å². The Morgan fingerprint density at radius 3 is 2.39 bits per heavy atom. The van der Waals surface area contributed by atoms with E-state index in [2.05, 4.69) is 0 Å². The van der Waals surface area contributed by atoms with Gasteiger partial charge in [-0.25, -0.2) is 12.8 Å². The average molecular weight is 275 g/mol. The third kappa shape index (κ3) is 3.27. The molecule has 0 fully saturated rings. The Bertz CT molecular complexity index is 575. The smallest absolute Gasteiger partial charge is 0.233 e. The van der Waals surface area contributed by atoms with E-state index in [1.165, 1.54) is 19.9 Å². The second kappa shape index (κ2) is 4.66. The van der Waals surface area contributed by atoms with Gasteiger partial charge in [0.15, 0.2) is 9.84 Å². The number of rotatable bonds is 4. The zero-order valence-corrected chi connectivity index (χ0v) is 10.8. The van der Waals surface area contributed by atoms with Gasteiger partial charge in [0, 0.05) is 5.56 Å². The number of hydrogen-bond donors (Lipinski definition) is 2. The zero-order valence-electron chi connectivity index (χ0n) is 9.97. The Kier molecular flexibility index (Phi) is 3.78. The lowest BCUT2D eigenvalue weighted by Gasteiger charge is -2.18. The SMILES string of the molecule is CC(C)(O)c1ccc(S(=O)(=O)CC(N)=O)cc1F. The van der Waals surface area contributed by atoms with E-state index in [0.29, 0.717) is 0 Å². The van der Waals surface area contributed by atoms with Gasteiger partial charge in [-0.1, -0.05) is 6.07 Å². The number of aliphatic hydroxyl groups is 1. The van der Waals surface area contributed by atoms with Crippen LogP contribution in [0.15, 0.2) is 23.1 Å². The molecule has 0 spiro atoms. The topological polar surface area (TPSA) is 97.5 Å². The molecule has 0 saturated heterocycles. The molecule has 0 bridgehead atoms. The molecule has 0 heterocycles. The predicted molar refractivity (Wildman–Crippen MR) is 62.9 cm³/mol. The van der Waals surface area contributed by atoms with Crippen molar-refractivity contribution in [3.63, 3.8) is 0 Å². The number of carbonyl (C=O) groups is 1. The standard InChI is InChI=1S/C11H14FNO4S/c1-11(2,15)8-4-3-7(5-9(8)12)18(16,17)6-10(13)14/h3-5,15H,6H2,1-2H3,(H2,13,14). The van der Waals surface area contributed by atoms with Crippen LogP contribution in [0.4, 0.5) is 4.39 Å². The molecule has 0 aliphatic heterocycles. The molecule has 0 aromatic heterocycles. The minimum Gasteiger partial charge on any atom is -0.386 e. The van der Waals surface area contributed by atoms with E-state index >= 15 is 0 Å². The van der Waals surface area contributed by atoms with Crippen molar-refractivity contribution in [2.45, 2.75) is 24.3 Å². The van der Waals surface area contributed by atoms with Crippen molar-refractivity contribution >= 4 is 15.7 Å². The average Bonchev–Trinajstić information content (AvgIpc) is 2.13. The van der Waals surface area contributed by atoms with Crippen molar-refractivity contribution in [3.05, 3.63) is 29.6 Å². The summed E-state index contributed by atoms with van der Waals surface area (Å²) in [7, 11) is -3.94. The summed E-state index contributed by atoms with van der Waals surface area (Å²) in [6, 6.07) is 3.07. The van der Waals surface area contributed by atoms with Crippen molar-refractivity contribution in [1.82, 2.24) is 0 Å². The Morgan fingerprint density at radius 2 is 2.00 bits per heavy atom. The second-order valence-corrected chi connectivity index (χ2v) is 6.42. The monoisotopic (exact) mass is 275 g/mol. The molecule has 1 aromatic rings. The number of sulfone groups is 1. The maximum absolute atomic E-state index is 13.7. The van der Waals surface area contributed by atoms with Gasteiger partial charge in [-0.3, -0.25) is 4.79 Å². The van der Waals surface area contributed by atoms with E-state index in [-0.39, 0.29) is 10.5 Å². The van der Waals surface area contributed by atoms with Gasteiger partial charge in [0.05, 0.1) is 10.5 Å². The van der Waals surface area contributed by atoms with E-state index in [9.17, 15) is 22.7 Å². The van der Waals surface area contributed by atoms with Crippen LogP contribution in [0.3, 0.4) is 0 Å². The summed E-state index contributed by atoms with van der Waals surface area (Å²) in [5.74, 6) is -2.75. The number of hydrogen-bond acceptors (Lipinski definition) is 4. The summed E-state index contributed by atoms with van der Waals surface area (Å²) < 4.78 is 36.9.